The molecule has 0 saturated carbocycles. The summed E-state index contributed by atoms with van der Waals surface area (Å²) in [7, 11) is 0. The number of ether oxygens (including phenoxy) is 1. The summed E-state index contributed by atoms with van der Waals surface area (Å²) in [6.07, 6.45) is 3.86. The van der Waals surface area contributed by atoms with E-state index in [2.05, 4.69) is 4.98 Å². The third-order valence-electron chi connectivity index (χ3n) is 2.34. The highest BCUT2D eigenvalue weighted by Crippen LogP contribution is 2.13. The summed E-state index contributed by atoms with van der Waals surface area (Å²) in [5.74, 6) is 0.523. The van der Waals surface area contributed by atoms with Gasteiger partial charge in [0, 0.05) is 31.4 Å². The van der Waals surface area contributed by atoms with Gasteiger partial charge in [-0.15, -0.1) is 11.6 Å². The molecule has 0 aromatic carbocycles. The number of rotatable bonds is 5. The summed E-state index contributed by atoms with van der Waals surface area (Å²) in [6.45, 7) is 6.67. The van der Waals surface area contributed by atoms with Crippen molar-refractivity contribution >= 4 is 17.7 Å². The van der Waals surface area contributed by atoms with E-state index in [-0.39, 0.29) is 6.09 Å². The zero-order chi connectivity index (χ0) is 14.3. The molecular formula is C14H21ClN2O2. The second kappa shape index (κ2) is 7.34. The summed E-state index contributed by atoms with van der Waals surface area (Å²) in [5, 5.41) is 0. The molecule has 1 rings (SSSR count). The van der Waals surface area contributed by atoms with Gasteiger partial charge in [-0.05, 0) is 44.9 Å². The number of aromatic nitrogens is 1. The van der Waals surface area contributed by atoms with Crippen LogP contribution in [-0.2, 0) is 11.3 Å². The standard InChI is InChI=1S/C14H21ClN2O2/c1-14(2,3)19-13(18)17(10-4-7-15)11-12-5-8-16-9-6-12/h5-6,8-9H,4,7,10-11H2,1-3H3. The van der Waals surface area contributed by atoms with Crippen molar-refractivity contribution in [3.63, 3.8) is 0 Å². The van der Waals surface area contributed by atoms with E-state index in [0.717, 1.165) is 12.0 Å². The molecule has 4 nitrogen and oxygen atoms in total. The Balaban J connectivity index is 2.68. The van der Waals surface area contributed by atoms with Crippen LogP contribution in [-0.4, -0.2) is 34.0 Å². The summed E-state index contributed by atoms with van der Waals surface area (Å²) in [6, 6.07) is 3.77. The number of amides is 1. The molecule has 0 fully saturated rings. The number of alkyl halides is 1. The van der Waals surface area contributed by atoms with Crippen LogP contribution in [0.4, 0.5) is 4.79 Å². The van der Waals surface area contributed by atoms with Crippen LogP contribution in [0.1, 0.15) is 32.8 Å². The quantitative estimate of drug-likeness (QED) is 0.778. The van der Waals surface area contributed by atoms with E-state index >= 15 is 0 Å². The zero-order valence-electron chi connectivity index (χ0n) is 11.7. The molecule has 0 unspecified atom stereocenters. The van der Waals surface area contributed by atoms with Gasteiger partial charge in [-0.2, -0.15) is 0 Å². The lowest BCUT2D eigenvalue weighted by molar-refractivity contribution is 0.0234. The van der Waals surface area contributed by atoms with E-state index in [1.165, 1.54) is 0 Å². The Morgan fingerprint density at radius 2 is 2.00 bits per heavy atom. The van der Waals surface area contributed by atoms with Crippen LogP contribution < -0.4 is 0 Å². The molecule has 0 aliphatic carbocycles. The van der Waals surface area contributed by atoms with Gasteiger partial charge >= 0.3 is 6.09 Å². The molecule has 1 aromatic heterocycles. The number of hydrogen-bond donors (Lipinski definition) is 0. The SMILES string of the molecule is CC(C)(C)OC(=O)N(CCCCl)Cc1ccncc1. The van der Waals surface area contributed by atoms with Gasteiger partial charge in [-0.25, -0.2) is 4.79 Å². The van der Waals surface area contributed by atoms with Crippen molar-refractivity contribution in [2.45, 2.75) is 39.3 Å². The molecule has 0 spiro atoms. The Hall–Kier alpha value is -1.29. The normalized spacial score (nSPS) is 11.2. The molecular weight excluding hydrogens is 264 g/mol. The molecule has 0 saturated heterocycles. The summed E-state index contributed by atoms with van der Waals surface area (Å²) >= 11 is 5.70. The van der Waals surface area contributed by atoms with Crippen LogP contribution in [0, 0.1) is 0 Å². The number of pyridine rings is 1. The predicted molar refractivity (Wildman–Crippen MR) is 76.2 cm³/mol. The monoisotopic (exact) mass is 284 g/mol. The lowest BCUT2D eigenvalue weighted by Crippen LogP contribution is -2.37. The Kier molecular flexibility index (Phi) is 6.09. The molecule has 19 heavy (non-hydrogen) atoms. The average Bonchev–Trinajstić information content (AvgIpc) is 2.33. The van der Waals surface area contributed by atoms with Crippen molar-refractivity contribution in [1.82, 2.24) is 9.88 Å². The summed E-state index contributed by atoms with van der Waals surface area (Å²) in [5.41, 5.74) is 0.532. The van der Waals surface area contributed by atoms with Crippen LogP contribution in [0.3, 0.4) is 0 Å². The van der Waals surface area contributed by atoms with Crippen molar-refractivity contribution in [3.8, 4) is 0 Å². The van der Waals surface area contributed by atoms with Crippen molar-refractivity contribution < 1.29 is 9.53 Å². The summed E-state index contributed by atoms with van der Waals surface area (Å²) < 4.78 is 5.40. The molecule has 0 aliphatic rings. The first-order valence-electron chi connectivity index (χ1n) is 6.35. The van der Waals surface area contributed by atoms with E-state index in [0.29, 0.717) is 19.0 Å². The number of carbonyl (C=O) groups is 1. The number of halogens is 1. The van der Waals surface area contributed by atoms with Gasteiger partial charge in [0.1, 0.15) is 5.60 Å². The molecule has 106 valence electrons. The Labute approximate surface area is 119 Å². The van der Waals surface area contributed by atoms with Gasteiger partial charge in [-0.3, -0.25) is 4.98 Å². The van der Waals surface area contributed by atoms with Crippen molar-refractivity contribution in [1.29, 1.82) is 0 Å². The van der Waals surface area contributed by atoms with Crippen LogP contribution in [0.15, 0.2) is 24.5 Å². The molecule has 0 N–H and O–H groups in total. The third kappa shape index (κ3) is 6.43. The van der Waals surface area contributed by atoms with E-state index in [9.17, 15) is 4.79 Å². The first-order chi connectivity index (χ1) is 8.92. The highest BCUT2D eigenvalue weighted by Gasteiger charge is 2.21. The van der Waals surface area contributed by atoms with Gasteiger partial charge in [0.05, 0.1) is 0 Å². The van der Waals surface area contributed by atoms with Gasteiger partial charge in [0.2, 0.25) is 0 Å². The van der Waals surface area contributed by atoms with Gasteiger partial charge < -0.3 is 9.64 Å². The average molecular weight is 285 g/mol. The van der Waals surface area contributed by atoms with Gasteiger partial charge in [-0.1, -0.05) is 0 Å². The van der Waals surface area contributed by atoms with E-state index in [1.807, 2.05) is 32.9 Å². The second-order valence-corrected chi connectivity index (χ2v) is 5.68. The Morgan fingerprint density at radius 3 is 2.53 bits per heavy atom. The first kappa shape index (κ1) is 15.8. The Morgan fingerprint density at radius 1 is 1.37 bits per heavy atom. The lowest BCUT2D eigenvalue weighted by atomic mass is 10.2. The fourth-order valence-corrected chi connectivity index (χ4v) is 1.64. The largest absolute Gasteiger partial charge is 0.444 e. The first-order valence-corrected chi connectivity index (χ1v) is 6.88. The third-order valence-corrected chi connectivity index (χ3v) is 2.60. The van der Waals surface area contributed by atoms with Crippen LogP contribution in [0.5, 0.6) is 0 Å². The number of carbonyl (C=O) groups excluding carboxylic acids is 1. The molecule has 0 atom stereocenters. The van der Waals surface area contributed by atoms with Crippen molar-refractivity contribution in [3.05, 3.63) is 30.1 Å². The van der Waals surface area contributed by atoms with Crippen LogP contribution in [0.25, 0.3) is 0 Å². The summed E-state index contributed by atoms with van der Waals surface area (Å²) in [4.78, 5) is 17.7. The predicted octanol–water partition coefficient (Wildman–Crippen LogP) is 3.45. The van der Waals surface area contributed by atoms with Crippen LogP contribution in [0.2, 0.25) is 0 Å². The van der Waals surface area contributed by atoms with E-state index < -0.39 is 5.60 Å². The minimum Gasteiger partial charge on any atom is -0.444 e. The molecule has 1 amide bonds. The molecule has 5 heteroatoms. The van der Waals surface area contributed by atoms with E-state index in [4.69, 9.17) is 16.3 Å². The molecule has 1 aromatic rings. The minimum absolute atomic E-state index is 0.311. The minimum atomic E-state index is -0.492. The lowest BCUT2D eigenvalue weighted by Gasteiger charge is -2.27. The molecule has 1 heterocycles. The van der Waals surface area contributed by atoms with Crippen molar-refractivity contribution in [2.24, 2.45) is 0 Å². The maximum absolute atomic E-state index is 12.1. The Bertz CT molecular complexity index is 390. The maximum Gasteiger partial charge on any atom is 0.410 e. The molecule has 0 bridgehead atoms. The highest BCUT2D eigenvalue weighted by molar-refractivity contribution is 6.17. The number of hydrogen-bond acceptors (Lipinski definition) is 3. The molecule has 0 radical (unpaired) electrons. The van der Waals surface area contributed by atoms with E-state index in [1.54, 1.807) is 17.3 Å². The zero-order valence-corrected chi connectivity index (χ0v) is 12.5. The maximum atomic E-state index is 12.1. The fraction of sp³-hybridized carbons (Fsp3) is 0.571. The highest BCUT2D eigenvalue weighted by atomic mass is 35.5. The molecule has 0 aliphatic heterocycles. The van der Waals surface area contributed by atoms with Crippen LogP contribution >= 0.6 is 11.6 Å². The van der Waals surface area contributed by atoms with Gasteiger partial charge in [0.25, 0.3) is 0 Å². The fourth-order valence-electron chi connectivity index (χ4n) is 1.52. The van der Waals surface area contributed by atoms with Crippen molar-refractivity contribution in [2.75, 3.05) is 12.4 Å². The topological polar surface area (TPSA) is 42.4 Å². The van der Waals surface area contributed by atoms with Gasteiger partial charge in [0.15, 0.2) is 0 Å². The smallest absolute Gasteiger partial charge is 0.410 e. The number of nitrogens with zero attached hydrogens (tertiary/aromatic N) is 2. The second-order valence-electron chi connectivity index (χ2n) is 5.30.